The van der Waals surface area contributed by atoms with Gasteiger partial charge in [-0.2, -0.15) is 4.37 Å². The number of nitrogens with one attached hydrogen (secondary N) is 1. The third kappa shape index (κ3) is 3.81. The van der Waals surface area contributed by atoms with Crippen LogP contribution in [0.15, 0.2) is 5.38 Å². The standard InChI is InChI=1S/C11H16N2O3S/c1-3-4-5-9(11(15)16)12-10(14)8-6-17-13-7(8)2/h6,9H,3-5H2,1-2H3,(H,12,14)(H,15,16)/t9-/m0/s1. The Kier molecular flexibility index (Phi) is 5.09. The molecule has 0 aliphatic carbocycles. The lowest BCUT2D eigenvalue weighted by molar-refractivity contribution is -0.139. The van der Waals surface area contributed by atoms with E-state index in [0.717, 1.165) is 12.8 Å². The van der Waals surface area contributed by atoms with E-state index in [1.54, 1.807) is 12.3 Å². The summed E-state index contributed by atoms with van der Waals surface area (Å²) in [5.41, 5.74) is 1.09. The highest BCUT2D eigenvalue weighted by Gasteiger charge is 2.21. The number of aryl methyl sites for hydroxylation is 1. The predicted molar refractivity (Wildman–Crippen MR) is 65.3 cm³/mol. The second-order valence-electron chi connectivity index (χ2n) is 3.82. The van der Waals surface area contributed by atoms with E-state index in [2.05, 4.69) is 9.69 Å². The highest BCUT2D eigenvalue weighted by molar-refractivity contribution is 7.03. The molecule has 5 nitrogen and oxygen atoms in total. The first-order chi connectivity index (χ1) is 8.06. The number of aliphatic carboxylic acids is 1. The number of rotatable bonds is 6. The quantitative estimate of drug-likeness (QED) is 0.813. The highest BCUT2D eigenvalue weighted by atomic mass is 32.1. The molecule has 0 fully saturated rings. The minimum Gasteiger partial charge on any atom is -0.480 e. The molecule has 94 valence electrons. The zero-order valence-corrected chi connectivity index (χ0v) is 10.7. The zero-order valence-electron chi connectivity index (χ0n) is 9.90. The van der Waals surface area contributed by atoms with E-state index < -0.39 is 12.0 Å². The van der Waals surface area contributed by atoms with Crippen molar-refractivity contribution in [2.24, 2.45) is 0 Å². The van der Waals surface area contributed by atoms with Gasteiger partial charge in [0.1, 0.15) is 6.04 Å². The molecule has 1 heterocycles. The van der Waals surface area contributed by atoms with Crippen LogP contribution in [0.4, 0.5) is 0 Å². The van der Waals surface area contributed by atoms with Gasteiger partial charge in [0.05, 0.1) is 11.3 Å². The largest absolute Gasteiger partial charge is 0.480 e. The van der Waals surface area contributed by atoms with Gasteiger partial charge in [-0.3, -0.25) is 4.79 Å². The van der Waals surface area contributed by atoms with Crippen LogP contribution in [0.5, 0.6) is 0 Å². The molecule has 0 radical (unpaired) electrons. The summed E-state index contributed by atoms with van der Waals surface area (Å²) in [6.07, 6.45) is 2.13. The fourth-order valence-electron chi connectivity index (χ4n) is 1.41. The van der Waals surface area contributed by atoms with Gasteiger partial charge in [-0.1, -0.05) is 19.8 Å². The number of carboxylic acid groups (broad SMARTS) is 1. The minimum atomic E-state index is -0.993. The van der Waals surface area contributed by atoms with Crippen molar-refractivity contribution in [3.63, 3.8) is 0 Å². The lowest BCUT2D eigenvalue weighted by Gasteiger charge is -2.13. The van der Waals surface area contributed by atoms with Crippen LogP contribution in [0.2, 0.25) is 0 Å². The number of carbonyl (C=O) groups excluding carboxylic acids is 1. The van der Waals surface area contributed by atoms with E-state index in [9.17, 15) is 9.59 Å². The summed E-state index contributed by atoms with van der Waals surface area (Å²) >= 11 is 1.19. The Hall–Kier alpha value is -1.43. The summed E-state index contributed by atoms with van der Waals surface area (Å²) in [7, 11) is 0. The van der Waals surface area contributed by atoms with Gasteiger partial charge in [0, 0.05) is 5.38 Å². The predicted octanol–water partition coefficient (Wildman–Crippen LogP) is 1.82. The van der Waals surface area contributed by atoms with E-state index in [4.69, 9.17) is 5.11 Å². The molecule has 2 N–H and O–H groups in total. The van der Waals surface area contributed by atoms with Crippen molar-refractivity contribution in [3.05, 3.63) is 16.6 Å². The molecule has 0 aliphatic rings. The number of hydrogen-bond donors (Lipinski definition) is 2. The Morgan fingerprint density at radius 2 is 2.29 bits per heavy atom. The number of hydrogen-bond acceptors (Lipinski definition) is 4. The van der Waals surface area contributed by atoms with Crippen molar-refractivity contribution >= 4 is 23.4 Å². The second-order valence-corrected chi connectivity index (χ2v) is 4.45. The molecule has 0 saturated heterocycles. The molecule has 0 unspecified atom stereocenters. The maximum atomic E-state index is 11.8. The monoisotopic (exact) mass is 256 g/mol. The van der Waals surface area contributed by atoms with Gasteiger partial charge in [0.25, 0.3) is 5.91 Å². The number of aromatic nitrogens is 1. The molecule has 0 aromatic carbocycles. The number of amides is 1. The number of nitrogens with zero attached hydrogens (tertiary/aromatic N) is 1. The number of carboxylic acids is 1. The number of unbranched alkanes of at least 4 members (excludes halogenated alkanes) is 1. The normalized spacial score (nSPS) is 12.1. The average molecular weight is 256 g/mol. The summed E-state index contributed by atoms with van der Waals surface area (Å²) in [5, 5.41) is 13.1. The molecule has 6 heteroatoms. The van der Waals surface area contributed by atoms with Gasteiger partial charge in [0.15, 0.2) is 0 Å². The summed E-state index contributed by atoms with van der Waals surface area (Å²) in [6.45, 7) is 3.71. The molecule has 0 spiro atoms. The molecular weight excluding hydrogens is 240 g/mol. The smallest absolute Gasteiger partial charge is 0.326 e. The molecule has 1 aromatic heterocycles. The summed E-state index contributed by atoms with van der Waals surface area (Å²) in [4.78, 5) is 22.8. The van der Waals surface area contributed by atoms with Crippen molar-refractivity contribution < 1.29 is 14.7 Å². The van der Waals surface area contributed by atoms with Crippen LogP contribution in [0.1, 0.15) is 42.2 Å². The fourth-order valence-corrected chi connectivity index (χ4v) is 2.10. The highest BCUT2D eigenvalue weighted by Crippen LogP contribution is 2.10. The maximum Gasteiger partial charge on any atom is 0.326 e. The lowest BCUT2D eigenvalue weighted by Crippen LogP contribution is -2.40. The second kappa shape index (κ2) is 6.34. The SMILES string of the molecule is CCCC[C@H](NC(=O)c1csnc1C)C(=O)O. The van der Waals surface area contributed by atoms with Crippen LogP contribution >= 0.6 is 11.5 Å². The first kappa shape index (κ1) is 13.6. The number of carbonyl (C=O) groups is 2. The van der Waals surface area contributed by atoms with Crippen LogP contribution in [-0.4, -0.2) is 27.4 Å². The summed E-state index contributed by atoms with van der Waals surface area (Å²) < 4.78 is 3.99. The molecule has 1 atom stereocenters. The Labute approximate surface area is 104 Å². The fraction of sp³-hybridized carbons (Fsp3) is 0.545. The van der Waals surface area contributed by atoms with E-state index in [0.29, 0.717) is 17.7 Å². The summed E-state index contributed by atoms with van der Waals surface area (Å²) in [5.74, 6) is -1.35. The molecule has 1 amide bonds. The zero-order chi connectivity index (χ0) is 12.8. The molecule has 0 bridgehead atoms. The van der Waals surface area contributed by atoms with Crippen LogP contribution in [0, 0.1) is 6.92 Å². The maximum absolute atomic E-state index is 11.8. The molecule has 1 aromatic rings. The van der Waals surface area contributed by atoms with Crippen molar-refractivity contribution in [2.75, 3.05) is 0 Å². The van der Waals surface area contributed by atoms with Crippen molar-refractivity contribution in [2.45, 2.75) is 39.2 Å². The van der Waals surface area contributed by atoms with Crippen LogP contribution < -0.4 is 5.32 Å². The third-order valence-electron chi connectivity index (χ3n) is 2.44. The average Bonchev–Trinajstić information content (AvgIpc) is 2.70. The summed E-state index contributed by atoms with van der Waals surface area (Å²) in [6, 6.07) is -0.818. The van der Waals surface area contributed by atoms with Gasteiger partial charge in [-0.15, -0.1) is 0 Å². The Morgan fingerprint density at radius 1 is 1.59 bits per heavy atom. The topological polar surface area (TPSA) is 79.3 Å². The van der Waals surface area contributed by atoms with E-state index in [-0.39, 0.29) is 5.91 Å². The lowest BCUT2D eigenvalue weighted by atomic mass is 10.1. The Morgan fingerprint density at radius 3 is 2.76 bits per heavy atom. The van der Waals surface area contributed by atoms with Gasteiger partial charge in [-0.05, 0) is 24.9 Å². The van der Waals surface area contributed by atoms with Gasteiger partial charge in [0.2, 0.25) is 0 Å². The molecule has 0 saturated carbocycles. The van der Waals surface area contributed by atoms with Gasteiger partial charge in [-0.25, -0.2) is 4.79 Å². The van der Waals surface area contributed by atoms with Gasteiger partial charge < -0.3 is 10.4 Å². The van der Waals surface area contributed by atoms with Crippen LogP contribution in [0.3, 0.4) is 0 Å². The van der Waals surface area contributed by atoms with E-state index in [1.807, 2.05) is 6.92 Å². The Balaban J connectivity index is 2.64. The first-order valence-electron chi connectivity index (χ1n) is 5.51. The molecule has 1 rings (SSSR count). The van der Waals surface area contributed by atoms with E-state index >= 15 is 0 Å². The van der Waals surface area contributed by atoms with Crippen molar-refractivity contribution in [3.8, 4) is 0 Å². The first-order valence-corrected chi connectivity index (χ1v) is 6.34. The minimum absolute atomic E-state index is 0.361. The van der Waals surface area contributed by atoms with Crippen LogP contribution in [0.25, 0.3) is 0 Å². The van der Waals surface area contributed by atoms with Crippen molar-refractivity contribution in [1.29, 1.82) is 0 Å². The molecular formula is C11H16N2O3S. The Bertz CT molecular complexity index is 403. The van der Waals surface area contributed by atoms with Crippen LogP contribution in [-0.2, 0) is 4.79 Å². The molecule has 17 heavy (non-hydrogen) atoms. The third-order valence-corrected chi connectivity index (χ3v) is 3.16. The van der Waals surface area contributed by atoms with Gasteiger partial charge >= 0.3 is 5.97 Å². The molecule has 0 aliphatic heterocycles. The van der Waals surface area contributed by atoms with E-state index in [1.165, 1.54) is 11.5 Å². The van der Waals surface area contributed by atoms with Crippen molar-refractivity contribution in [1.82, 2.24) is 9.69 Å².